The minimum absolute atomic E-state index is 0.0241. The third-order valence-corrected chi connectivity index (χ3v) is 5.80. The number of carbonyl (C=O) groups excluding carboxylic acids is 2. The fourth-order valence-corrected chi connectivity index (χ4v) is 4.15. The van der Waals surface area contributed by atoms with Crippen molar-refractivity contribution in [2.45, 2.75) is 44.3 Å². The average Bonchev–Trinajstić information content (AvgIpc) is 3.37. The largest absolute Gasteiger partial charge is 0.370 e. The summed E-state index contributed by atoms with van der Waals surface area (Å²) in [5, 5.41) is 2.84. The van der Waals surface area contributed by atoms with Crippen LogP contribution >= 0.6 is 0 Å². The van der Waals surface area contributed by atoms with Crippen molar-refractivity contribution in [3.05, 3.63) is 48.5 Å². The zero-order chi connectivity index (χ0) is 19.6. The lowest BCUT2D eigenvalue weighted by molar-refractivity contribution is -0.120. The molecular formula is C21H26N4O3. The average molecular weight is 382 g/mol. The van der Waals surface area contributed by atoms with Crippen LogP contribution in [0.5, 0.6) is 0 Å². The summed E-state index contributed by atoms with van der Waals surface area (Å²) in [6.07, 6.45) is 9.09. The molecule has 4 rings (SSSR count). The molecule has 1 atom stereocenters. The van der Waals surface area contributed by atoms with Crippen molar-refractivity contribution < 1.29 is 14.3 Å². The maximum absolute atomic E-state index is 12.9. The molecule has 3 heterocycles. The minimum Gasteiger partial charge on any atom is -0.370 e. The van der Waals surface area contributed by atoms with E-state index in [9.17, 15) is 9.59 Å². The maximum atomic E-state index is 12.9. The molecule has 0 bridgehead atoms. The van der Waals surface area contributed by atoms with E-state index in [4.69, 9.17) is 4.74 Å². The van der Waals surface area contributed by atoms with Crippen LogP contribution in [0, 0.1) is 0 Å². The number of ether oxygens (including phenoxy) is 1. The van der Waals surface area contributed by atoms with Crippen molar-refractivity contribution in [1.82, 2.24) is 19.8 Å². The zero-order valence-electron chi connectivity index (χ0n) is 16.1. The van der Waals surface area contributed by atoms with Crippen LogP contribution in [0.15, 0.2) is 43.0 Å². The Bertz CT molecular complexity index is 824. The van der Waals surface area contributed by atoms with Gasteiger partial charge in [0.1, 0.15) is 0 Å². The first kappa shape index (κ1) is 18.7. The predicted octanol–water partition coefficient (Wildman–Crippen LogP) is 2.16. The van der Waals surface area contributed by atoms with Gasteiger partial charge in [-0.05, 0) is 49.9 Å². The number of nitrogens with zero attached hydrogens (tertiary/aromatic N) is 3. The summed E-state index contributed by atoms with van der Waals surface area (Å²) in [5.41, 5.74) is 1.55. The van der Waals surface area contributed by atoms with Crippen LogP contribution in [0.2, 0.25) is 0 Å². The number of amides is 2. The Morgan fingerprint density at radius 1 is 1.21 bits per heavy atom. The van der Waals surface area contributed by atoms with Gasteiger partial charge in [-0.2, -0.15) is 0 Å². The second kappa shape index (κ2) is 7.75. The monoisotopic (exact) mass is 382 g/mol. The second-order valence-corrected chi connectivity index (χ2v) is 7.71. The fourth-order valence-electron chi connectivity index (χ4n) is 4.15. The van der Waals surface area contributed by atoms with E-state index < -0.39 is 0 Å². The molecule has 1 aromatic heterocycles. The van der Waals surface area contributed by atoms with Crippen LogP contribution in [-0.2, 0) is 9.53 Å². The van der Waals surface area contributed by atoms with Gasteiger partial charge in [0, 0.05) is 50.2 Å². The lowest BCUT2D eigenvalue weighted by Crippen LogP contribution is -2.47. The van der Waals surface area contributed by atoms with Crippen molar-refractivity contribution >= 4 is 11.8 Å². The first-order valence-electron chi connectivity index (χ1n) is 9.85. The molecule has 0 unspecified atom stereocenters. The van der Waals surface area contributed by atoms with Crippen molar-refractivity contribution in [3.8, 4) is 5.69 Å². The number of hydrogen-bond acceptors (Lipinski definition) is 4. The number of rotatable bonds is 4. The Morgan fingerprint density at radius 3 is 2.61 bits per heavy atom. The molecule has 2 aliphatic heterocycles. The minimum atomic E-state index is -0.134. The molecule has 0 radical (unpaired) electrons. The molecule has 0 aliphatic carbocycles. The van der Waals surface area contributed by atoms with E-state index in [2.05, 4.69) is 10.3 Å². The van der Waals surface area contributed by atoms with Gasteiger partial charge >= 0.3 is 0 Å². The Labute approximate surface area is 164 Å². The molecule has 0 saturated carbocycles. The van der Waals surface area contributed by atoms with E-state index in [0.717, 1.165) is 31.4 Å². The van der Waals surface area contributed by atoms with E-state index in [-0.39, 0.29) is 23.5 Å². The van der Waals surface area contributed by atoms with Crippen LogP contribution in [-0.4, -0.2) is 57.6 Å². The van der Waals surface area contributed by atoms with Crippen LogP contribution in [0.1, 0.15) is 43.0 Å². The van der Waals surface area contributed by atoms with Crippen LogP contribution in [0.4, 0.5) is 0 Å². The van der Waals surface area contributed by atoms with Gasteiger partial charge in [0.15, 0.2) is 0 Å². The van der Waals surface area contributed by atoms with Gasteiger partial charge in [0.25, 0.3) is 5.91 Å². The highest BCUT2D eigenvalue weighted by atomic mass is 16.5. The highest BCUT2D eigenvalue weighted by molar-refractivity contribution is 5.94. The van der Waals surface area contributed by atoms with Crippen molar-refractivity contribution in [1.29, 1.82) is 0 Å². The predicted molar refractivity (Wildman–Crippen MR) is 104 cm³/mol. The summed E-state index contributed by atoms with van der Waals surface area (Å²) in [6.45, 7) is 3.50. The molecule has 28 heavy (non-hydrogen) atoms. The number of hydrogen-bond donors (Lipinski definition) is 1. The van der Waals surface area contributed by atoms with Crippen molar-refractivity contribution in [2.75, 3.05) is 19.6 Å². The first-order valence-corrected chi connectivity index (χ1v) is 9.85. The molecule has 1 aromatic carbocycles. The molecule has 2 fully saturated rings. The van der Waals surface area contributed by atoms with Crippen LogP contribution < -0.4 is 5.32 Å². The SMILES string of the molecule is CC(=O)NC[C@@H]1CCC2(CCN(C(=O)c3ccc(-n4ccnc4)cc3)CC2)O1. The summed E-state index contributed by atoms with van der Waals surface area (Å²) in [4.78, 5) is 29.9. The molecule has 2 amide bonds. The van der Waals surface area contributed by atoms with Gasteiger partial charge in [0.2, 0.25) is 5.91 Å². The molecule has 1 N–H and O–H groups in total. The highest BCUT2D eigenvalue weighted by Crippen LogP contribution is 2.39. The highest BCUT2D eigenvalue weighted by Gasteiger charge is 2.43. The Morgan fingerprint density at radius 2 is 1.96 bits per heavy atom. The number of likely N-dealkylation sites (tertiary alicyclic amines) is 1. The molecule has 7 nitrogen and oxygen atoms in total. The van der Waals surface area contributed by atoms with Crippen LogP contribution in [0.25, 0.3) is 5.69 Å². The number of carbonyl (C=O) groups is 2. The normalized spacial score (nSPS) is 21.0. The lowest BCUT2D eigenvalue weighted by Gasteiger charge is -2.39. The van der Waals surface area contributed by atoms with E-state index in [0.29, 0.717) is 25.2 Å². The summed E-state index contributed by atoms with van der Waals surface area (Å²) in [6, 6.07) is 7.62. The number of nitrogens with one attached hydrogen (secondary N) is 1. The molecule has 2 saturated heterocycles. The van der Waals surface area contributed by atoms with E-state index >= 15 is 0 Å². The summed E-state index contributed by atoms with van der Waals surface area (Å²) in [5.74, 6) is 0.0452. The third-order valence-electron chi connectivity index (χ3n) is 5.80. The maximum Gasteiger partial charge on any atom is 0.253 e. The van der Waals surface area contributed by atoms with E-state index in [1.54, 1.807) is 12.5 Å². The number of benzene rings is 1. The number of piperidine rings is 1. The Balaban J connectivity index is 1.32. The fraction of sp³-hybridized carbons (Fsp3) is 0.476. The standard InChI is InChI=1S/C21H26N4O3/c1-16(26)23-14-19-6-7-21(28-19)8-11-24(12-9-21)20(27)17-2-4-18(5-3-17)25-13-10-22-15-25/h2-5,10,13,15,19H,6-9,11-12,14H2,1H3,(H,23,26)/t19-/m0/s1. The molecule has 7 heteroatoms. The van der Waals surface area contributed by atoms with Gasteiger partial charge in [-0.25, -0.2) is 4.98 Å². The van der Waals surface area contributed by atoms with E-state index in [1.165, 1.54) is 6.92 Å². The van der Waals surface area contributed by atoms with Gasteiger partial charge in [-0.15, -0.1) is 0 Å². The number of aromatic nitrogens is 2. The molecule has 2 aromatic rings. The second-order valence-electron chi connectivity index (χ2n) is 7.71. The van der Waals surface area contributed by atoms with E-state index in [1.807, 2.05) is 39.9 Å². The Hall–Kier alpha value is -2.67. The van der Waals surface area contributed by atoms with Gasteiger partial charge in [0.05, 0.1) is 18.0 Å². The topological polar surface area (TPSA) is 76.5 Å². The summed E-state index contributed by atoms with van der Waals surface area (Å²) >= 11 is 0. The van der Waals surface area contributed by atoms with Gasteiger partial charge < -0.3 is 19.5 Å². The Kier molecular flexibility index (Phi) is 5.17. The van der Waals surface area contributed by atoms with Crippen molar-refractivity contribution in [2.24, 2.45) is 0 Å². The van der Waals surface area contributed by atoms with Gasteiger partial charge in [-0.1, -0.05) is 0 Å². The van der Waals surface area contributed by atoms with Crippen LogP contribution in [0.3, 0.4) is 0 Å². The summed E-state index contributed by atoms with van der Waals surface area (Å²) in [7, 11) is 0. The molecule has 2 aliphatic rings. The first-order chi connectivity index (χ1) is 13.5. The zero-order valence-corrected chi connectivity index (χ0v) is 16.1. The molecule has 148 valence electrons. The smallest absolute Gasteiger partial charge is 0.253 e. The molecule has 1 spiro atoms. The van der Waals surface area contributed by atoms with Gasteiger partial charge in [-0.3, -0.25) is 9.59 Å². The quantitative estimate of drug-likeness (QED) is 0.879. The molecular weight excluding hydrogens is 356 g/mol. The van der Waals surface area contributed by atoms with Crippen molar-refractivity contribution in [3.63, 3.8) is 0 Å². The lowest BCUT2D eigenvalue weighted by atomic mass is 9.88. The number of imidazole rings is 1. The third kappa shape index (κ3) is 3.94. The summed E-state index contributed by atoms with van der Waals surface area (Å²) < 4.78 is 8.18.